The van der Waals surface area contributed by atoms with E-state index in [1.54, 1.807) is 0 Å². The highest BCUT2D eigenvalue weighted by Crippen LogP contribution is 2.29. The van der Waals surface area contributed by atoms with Crippen molar-refractivity contribution in [2.45, 2.75) is 6.92 Å². The molecule has 0 saturated carbocycles. The molecular formula is C12H12FNO4S. The number of carbonyl (C=O) groups excluding carboxylic acids is 2. The first-order valence-electron chi connectivity index (χ1n) is 5.72. The molecule has 2 rings (SSSR count). The van der Waals surface area contributed by atoms with E-state index in [-0.39, 0.29) is 29.3 Å². The van der Waals surface area contributed by atoms with Crippen LogP contribution in [0, 0.1) is 5.82 Å². The van der Waals surface area contributed by atoms with Gasteiger partial charge < -0.3 is 4.90 Å². The van der Waals surface area contributed by atoms with E-state index in [1.807, 2.05) is 0 Å². The molecule has 1 amide bonds. The van der Waals surface area contributed by atoms with Crippen LogP contribution < -0.4 is 4.90 Å². The highest BCUT2D eigenvalue weighted by Gasteiger charge is 2.36. The molecule has 102 valence electrons. The zero-order valence-electron chi connectivity index (χ0n) is 10.2. The molecule has 0 radical (unpaired) electrons. The first-order chi connectivity index (χ1) is 8.85. The van der Waals surface area contributed by atoms with E-state index < -0.39 is 27.3 Å². The van der Waals surface area contributed by atoms with E-state index >= 15 is 0 Å². The van der Waals surface area contributed by atoms with Gasteiger partial charge in [0, 0.05) is 12.3 Å². The first kappa shape index (κ1) is 13.7. The minimum atomic E-state index is -3.24. The summed E-state index contributed by atoms with van der Waals surface area (Å²) in [5, 5.41) is 0. The third-order valence-corrected chi connectivity index (χ3v) is 4.68. The average Bonchev–Trinajstić information content (AvgIpc) is 2.60. The number of nitrogens with zero attached hydrogens (tertiary/aromatic N) is 1. The highest BCUT2D eigenvalue weighted by atomic mass is 32.2. The fraction of sp³-hybridized carbons (Fsp3) is 0.333. The predicted octanol–water partition coefficient (Wildman–Crippen LogP) is 0.790. The van der Waals surface area contributed by atoms with E-state index in [0.29, 0.717) is 0 Å². The minimum absolute atomic E-state index is 0.0149. The Bertz CT molecular complexity index is 654. The van der Waals surface area contributed by atoms with Crippen molar-refractivity contribution in [2.75, 3.05) is 23.0 Å². The molecule has 1 aromatic carbocycles. The van der Waals surface area contributed by atoms with Crippen LogP contribution in [-0.2, 0) is 14.6 Å². The molecule has 1 heterocycles. The Morgan fingerprint density at radius 1 is 1.26 bits per heavy atom. The van der Waals surface area contributed by atoms with Crippen molar-refractivity contribution >= 4 is 27.2 Å². The number of Topliss-reactive ketones (excluding diaryl/α,β-unsaturated/α-hetero) is 1. The largest absolute Gasteiger partial charge is 0.304 e. The lowest BCUT2D eigenvalue weighted by atomic mass is 10.1. The van der Waals surface area contributed by atoms with Gasteiger partial charge in [-0.15, -0.1) is 0 Å². The third kappa shape index (κ3) is 2.51. The Morgan fingerprint density at radius 2 is 1.95 bits per heavy atom. The van der Waals surface area contributed by atoms with Gasteiger partial charge in [-0.1, -0.05) is 6.92 Å². The van der Waals surface area contributed by atoms with Gasteiger partial charge in [0.2, 0.25) is 0 Å². The number of amides is 1. The highest BCUT2D eigenvalue weighted by molar-refractivity contribution is 7.91. The number of hydrogen-bond donors (Lipinski definition) is 0. The van der Waals surface area contributed by atoms with Crippen molar-refractivity contribution in [3.05, 3.63) is 29.6 Å². The molecule has 0 fully saturated rings. The summed E-state index contributed by atoms with van der Waals surface area (Å²) in [7, 11) is -3.24. The van der Waals surface area contributed by atoms with Crippen LogP contribution in [0.5, 0.6) is 0 Å². The second kappa shape index (κ2) is 4.73. The normalized spacial score (nSPS) is 14.9. The number of anilines is 1. The third-order valence-electron chi connectivity index (χ3n) is 3.00. The van der Waals surface area contributed by atoms with Crippen molar-refractivity contribution in [1.82, 2.24) is 0 Å². The summed E-state index contributed by atoms with van der Waals surface area (Å²) in [5.74, 6) is -2.48. The number of ketones is 1. The molecule has 1 aliphatic heterocycles. The van der Waals surface area contributed by atoms with E-state index in [1.165, 1.54) is 13.0 Å². The SMILES string of the molecule is CCS(=O)(=O)CCN1C(=O)C(=O)c2cc(F)ccc21. The maximum Gasteiger partial charge on any atom is 0.299 e. The van der Waals surface area contributed by atoms with Crippen molar-refractivity contribution in [2.24, 2.45) is 0 Å². The number of rotatable bonds is 4. The van der Waals surface area contributed by atoms with E-state index in [9.17, 15) is 22.4 Å². The molecule has 0 saturated heterocycles. The average molecular weight is 285 g/mol. The van der Waals surface area contributed by atoms with Crippen molar-refractivity contribution in [1.29, 1.82) is 0 Å². The number of benzene rings is 1. The molecule has 0 aromatic heterocycles. The Morgan fingerprint density at radius 3 is 2.58 bits per heavy atom. The van der Waals surface area contributed by atoms with Crippen molar-refractivity contribution < 1.29 is 22.4 Å². The molecule has 7 heteroatoms. The molecular weight excluding hydrogens is 273 g/mol. The molecule has 0 spiro atoms. The van der Waals surface area contributed by atoms with Crippen LogP contribution in [0.2, 0.25) is 0 Å². The molecule has 1 aromatic rings. The van der Waals surface area contributed by atoms with Gasteiger partial charge in [0.25, 0.3) is 11.7 Å². The van der Waals surface area contributed by atoms with Crippen LogP contribution in [0.25, 0.3) is 0 Å². The summed E-state index contributed by atoms with van der Waals surface area (Å²) < 4.78 is 35.9. The second-order valence-electron chi connectivity index (χ2n) is 4.18. The quantitative estimate of drug-likeness (QED) is 0.767. The molecule has 5 nitrogen and oxygen atoms in total. The molecule has 0 unspecified atom stereocenters. The van der Waals surface area contributed by atoms with Crippen LogP contribution in [-0.4, -0.2) is 38.2 Å². The van der Waals surface area contributed by atoms with Gasteiger partial charge in [-0.2, -0.15) is 0 Å². The van der Waals surface area contributed by atoms with E-state index in [2.05, 4.69) is 0 Å². The van der Waals surface area contributed by atoms with Crippen LogP contribution in [0.3, 0.4) is 0 Å². The molecule has 0 aliphatic carbocycles. The zero-order valence-corrected chi connectivity index (χ0v) is 11.0. The summed E-state index contributed by atoms with van der Waals surface area (Å²) in [6.07, 6.45) is 0. The van der Waals surface area contributed by atoms with Crippen LogP contribution >= 0.6 is 0 Å². The summed E-state index contributed by atoms with van der Waals surface area (Å²) in [4.78, 5) is 24.5. The van der Waals surface area contributed by atoms with Crippen LogP contribution in [0.15, 0.2) is 18.2 Å². The van der Waals surface area contributed by atoms with Gasteiger partial charge in [-0.05, 0) is 18.2 Å². The molecule has 1 aliphatic rings. The lowest BCUT2D eigenvalue weighted by Crippen LogP contribution is -2.34. The van der Waals surface area contributed by atoms with E-state index in [4.69, 9.17) is 0 Å². The van der Waals surface area contributed by atoms with Crippen LogP contribution in [0.4, 0.5) is 10.1 Å². The molecule has 19 heavy (non-hydrogen) atoms. The summed E-state index contributed by atoms with van der Waals surface area (Å²) in [6.45, 7) is 1.41. The standard InChI is InChI=1S/C12H12FNO4S/c1-2-19(17,18)6-5-14-10-4-3-8(13)7-9(10)11(15)12(14)16/h3-4,7H,2,5-6H2,1H3. The summed E-state index contributed by atoms with van der Waals surface area (Å²) in [5.41, 5.74) is 0.251. The number of sulfone groups is 1. The topological polar surface area (TPSA) is 71.5 Å². The second-order valence-corrected chi connectivity index (χ2v) is 6.66. The van der Waals surface area contributed by atoms with Crippen molar-refractivity contribution in [3.8, 4) is 0 Å². The Hall–Kier alpha value is -1.76. The fourth-order valence-corrected chi connectivity index (χ4v) is 2.62. The number of carbonyl (C=O) groups is 2. The summed E-state index contributed by atoms with van der Waals surface area (Å²) >= 11 is 0. The molecule has 0 N–H and O–H groups in total. The van der Waals surface area contributed by atoms with Crippen LogP contribution in [0.1, 0.15) is 17.3 Å². The monoisotopic (exact) mass is 285 g/mol. The Kier molecular flexibility index (Phi) is 3.40. The number of halogens is 1. The Balaban J connectivity index is 2.29. The Labute approximate surface area is 109 Å². The number of hydrogen-bond acceptors (Lipinski definition) is 4. The smallest absolute Gasteiger partial charge is 0.299 e. The van der Waals surface area contributed by atoms with Gasteiger partial charge in [-0.25, -0.2) is 12.8 Å². The zero-order chi connectivity index (χ0) is 14.2. The summed E-state index contributed by atoms with van der Waals surface area (Å²) in [6, 6.07) is 3.43. The lowest BCUT2D eigenvalue weighted by Gasteiger charge is -2.15. The number of fused-ring (bicyclic) bond motifs is 1. The maximum absolute atomic E-state index is 13.0. The van der Waals surface area contributed by atoms with Crippen molar-refractivity contribution in [3.63, 3.8) is 0 Å². The van der Waals surface area contributed by atoms with Gasteiger partial charge in [-0.3, -0.25) is 9.59 Å². The molecule has 0 bridgehead atoms. The predicted molar refractivity (Wildman–Crippen MR) is 67.4 cm³/mol. The van der Waals surface area contributed by atoms with Gasteiger partial charge in [0.05, 0.1) is 17.0 Å². The van der Waals surface area contributed by atoms with E-state index in [0.717, 1.165) is 17.0 Å². The lowest BCUT2D eigenvalue weighted by molar-refractivity contribution is -0.114. The van der Waals surface area contributed by atoms with Gasteiger partial charge in [0.15, 0.2) is 9.84 Å². The fourth-order valence-electron chi connectivity index (χ4n) is 1.87. The first-order valence-corrected chi connectivity index (χ1v) is 7.54. The maximum atomic E-state index is 13.0. The molecule has 0 atom stereocenters. The van der Waals surface area contributed by atoms with Gasteiger partial charge >= 0.3 is 0 Å². The van der Waals surface area contributed by atoms with Gasteiger partial charge in [0.1, 0.15) is 5.82 Å². The minimum Gasteiger partial charge on any atom is -0.304 e.